The van der Waals surface area contributed by atoms with Gasteiger partial charge in [-0.05, 0) is 55.9 Å². The summed E-state index contributed by atoms with van der Waals surface area (Å²) in [6.45, 7) is 6.36. The summed E-state index contributed by atoms with van der Waals surface area (Å²) in [7, 11) is 2.17. The van der Waals surface area contributed by atoms with Crippen LogP contribution >= 0.6 is 0 Å². The maximum absolute atomic E-state index is 13.5. The van der Waals surface area contributed by atoms with Gasteiger partial charge in [0.25, 0.3) is 0 Å². The van der Waals surface area contributed by atoms with Crippen LogP contribution in [0.3, 0.4) is 0 Å². The van der Waals surface area contributed by atoms with Crippen molar-refractivity contribution in [1.82, 2.24) is 29.7 Å². The molecule has 0 bridgehead atoms. The number of imidazole rings is 1. The van der Waals surface area contributed by atoms with Crippen LogP contribution in [0.4, 0.5) is 14.7 Å². The summed E-state index contributed by atoms with van der Waals surface area (Å²) in [4.78, 5) is 21.5. The van der Waals surface area contributed by atoms with Crippen LogP contribution in [-0.2, 0) is 6.42 Å². The normalized spacial score (nSPS) is 14.4. The highest BCUT2D eigenvalue weighted by Crippen LogP contribution is 2.32. The summed E-state index contributed by atoms with van der Waals surface area (Å²) in [5, 5.41) is 3.37. The average molecular weight is 570 g/mol. The van der Waals surface area contributed by atoms with E-state index < -0.39 is 11.6 Å². The number of nitrogens with zero attached hydrogens (tertiary/aromatic N) is 5. The Morgan fingerprint density at radius 2 is 1.71 bits per heavy atom. The molecule has 3 aromatic carbocycles. The molecule has 0 aliphatic carbocycles. The van der Waals surface area contributed by atoms with Crippen LogP contribution < -0.4 is 10.1 Å². The number of halogens is 2. The van der Waals surface area contributed by atoms with Crippen molar-refractivity contribution in [2.45, 2.75) is 12.8 Å². The highest BCUT2D eigenvalue weighted by Gasteiger charge is 2.14. The lowest BCUT2D eigenvalue weighted by atomic mass is 10.1. The number of hydrogen-bond donors (Lipinski definition) is 2. The molecule has 2 N–H and O–H groups in total. The number of fused-ring (bicyclic) bond motifs is 1. The number of nitrogens with one attached hydrogen (secondary N) is 2. The van der Waals surface area contributed by atoms with Gasteiger partial charge in [-0.2, -0.15) is 0 Å². The second-order valence-corrected chi connectivity index (χ2v) is 10.6. The van der Waals surface area contributed by atoms with Gasteiger partial charge in [0.2, 0.25) is 5.95 Å². The lowest BCUT2D eigenvalue weighted by Crippen LogP contribution is -2.44. The number of ether oxygens (including phenoxy) is 1. The Labute approximate surface area is 243 Å². The van der Waals surface area contributed by atoms with E-state index in [1.54, 1.807) is 6.20 Å². The summed E-state index contributed by atoms with van der Waals surface area (Å²) in [6.07, 6.45) is 3.28. The summed E-state index contributed by atoms with van der Waals surface area (Å²) in [5.41, 5.74) is 3.49. The molecule has 0 atom stereocenters. The number of piperazine rings is 1. The second kappa shape index (κ2) is 12.6. The third kappa shape index (κ3) is 6.72. The number of H-pyrrole nitrogens is 1. The Morgan fingerprint density at radius 1 is 0.929 bits per heavy atom. The van der Waals surface area contributed by atoms with Gasteiger partial charge in [-0.25, -0.2) is 23.7 Å². The van der Waals surface area contributed by atoms with E-state index in [2.05, 4.69) is 37.1 Å². The van der Waals surface area contributed by atoms with Gasteiger partial charge in [0.15, 0.2) is 11.6 Å². The van der Waals surface area contributed by atoms with Crippen LogP contribution in [0.2, 0.25) is 0 Å². The van der Waals surface area contributed by atoms with Crippen LogP contribution in [0, 0.1) is 11.6 Å². The molecule has 6 rings (SSSR count). The Morgan fingerprint density at radius 3 is 2.55 bits per heavy atom. The minimum atomic E-state index is -0.909. The molecule has 8 nitrogen and oxygen atoms in total. The first-order chi connectivity index (χ1) is 20.5. The van der Waals surface area contributed by atoms with Crippen LogP contribution in [0.25, 0.3) is 22.3 Å². The number of rotatable bonds is 10. The van der Waals surface area contributed by atoms with E-state index in [0.29, 0.717) is 40.7 Å². The first-order valence-electron chi connectivity index (χ1n) is 14.2. The molecule has 1 saturated heterocycles. The fourth-order valence-electron chi connectivity index (χ4n) is 5.07. The van der Waals surface area contributed by atoms with Crippen molar-refractivity contribution in [3.8, 4) is 22.8 Å². The maximum atomic E-state index is 13.5. The number of para-hydroxylation sites is 1. The van der Waals surface area contributed by atoms with Crippen molar-refractivity contribution in [2.75, 3.05) is 51.6 Å². The Kier molecular flexibility index (Phi) is 8.34. The highest BCUT2D eigenvalue weighted by molar-refractivity contribution is 5.75. The van der Waals surface area contributed by atoms with Gasteiger partial charge in [-0.3, -0.25) is 0 Å². The molecule has 42 heavy (non-hydrogen) atoms. The van der Waals surface area contributed by atoms with E-state index in [9.17, 15) is 8.78 Å². The van der Waals surface area contributed by atoms with Gasteiger partial charge in [0, 0.05) is 63.0 Å². The molecule has 0 unspecified atom stereocenters. The zero-order chi connectivity index (χ0) is 28.9. The maximum Gasteiger partial charge on any atom is 0.223 e. The quantitative estimate of drug-likeness (QED) is 0.208. The van der Waals surface area contributed by atoms with E-state index in [1.165, 1.54) is 0 Å². The van der Waals surface area contributed by atoms with E-state index >= 15 is 0 Å². The highest BCUT2D eigenvalue weighted by atomic mass is 19.2. The summed E-state index contributed by atoms with van der Waals surface area (Å²) in [6, 6.07) is 19.6. The van der Waals surface area contributed by atoms with E-state index in [1.807, 2.05) is 54.6 Å². The van der Waals surface area contributed by atoms with E-state index in [0.717, 1.165) is 74.6 Å². The van der Waals surface area contributed by atoms with Gasteiger partial charge in [0.05, 0.1) is 16.7 Å². The molecule has 216 valence electrons. The molecule has 3 heterocycles. The molecule has 5 aromatic rings. The van der Waals surface area contributed by atoms with Crippen molar-refractivity contribution in [2.24, 2.45) is 0 Å². The van der Waals surface area contributed by atoms with Crippen LogP contribution in [0.5, 0.6) is 11.5 Å². The number of likely N-dealkylation sites (N-methyl/N-ethyl adjacent to an activating group) is 1. The number of aromatic amines is 1. The summed E-state index contributed by atoms with van der Waals surface area (Å²) < 4.78 is 33.3. The minimum Gasteiger partial charge on any atom is -0.457 e. The van der Waals surface area contributed by atoms with Crippen LogP contribution in [-0.4, -0.2) is 76.1 Å². The minimum absolute atomic E-state index is 0.397. The molecular formula is C32H33F2N7O. The molecule has 1 aliphatic heterocycles. The Hall–Kier alpha value is -4.41. The van der Waals surface area contributed by atoms with Crippen molar-refractivity contribution < 1.29 is 13.5 Å². The molecule has 0 saturated carbocycles. The van der Waals surface area contributed by atoms with Gasteiger partial charge in [-0.1, -0.05) is 24.3 Å². The Bertz CT molecular complexity index is 1610. The largest absolute Gasteiger partial charge is 0.457 e. The third-order valence-corrected chi connectivity index (χ3v) is 7.44. The van der Waals surface area contributed by atoms with Crippen LogP contribution in [0.1, 0.15) is 17.8 Å². The molecule has 0 radical (unpaired) electrons. The topological polar surface area (TPSA) is 82.2 Å². The van der Waals surface area contributed by atoms with E-state index in [-0.39, 0.29) is 0 Å². The van der Waals surface area contributed by atoms with Gasteiger partial charge in [0.1, 0.15) is 17.3 Å². The number of hydrogen-bond acceptors (Lipinski definition) is 7. The smallest absolute Gasteiger partial charge is 0.223 e. The predicted molar refractivity (Wildman–Crippen MR) is 160 cm³/mol. The third-order valence-electron chi connectivity index (χ3n) is 7.44. The first kappa shape index (κ1) is 27.7. The first-order valence-corrected chi connectivity index (χ1v) is 14.2. The standard InChI is InChI=1S/C32H33F2N7O/c1-40-15-17-41(18-16-40)14-4-12-35-32-36-13-11-27(39-32)24-5-2-3-6-30(24)42-23-9-7-22(8-10-23)19-31-37-28-20-25(33)26(34)21-29(28)38-31/h2-3,5-11,13,20-21H,4,12,14-19H2,1H3,(H,37,38)(H,35,36,39). The molecule has 2 aromatic heterocycles. The molecule has 1 fully saturated rings. The van der Waals surface area contributed by atoms with Crippen molar-refractivity contribution >= 4 is 17.0 Å². The molecule has 1 aliphatic rings. The average Bonchev–Trinajstić information content (AvgIpc) is 3.38. The molecular weight excluding hydrogens is 536 g/mol. The SMILES string of the molecule is CN1CCN(CCCNc2nccc(-c3ccccc3Oc3ccc(Cc4nc5cc(F)c(F)cc5[nH]4)cc3)n2)CC1. The number of benzene rings is 3. The monoisotopic (exact) mass is 569 g/mol. The zero-order valence-corrected chi connectivity index (χ0v) is 23.5. The summed E-state index contributed by atoms with van der Waals surface area (Å²) >= 11 is 0. The van der Waals surface area contributed by atoms with E-state index in [4.69, 9.17) is 9.72 Å². The summed E-state index contributed by atoms with van der Waals surface area (Å²) in [5.74, 6) is 0.782. The van der Waals surface area contributed by atoms with Crippen molar-refractivity contribution in [1.29, 1.82) is 0 Å². The van der Waals surface area contributed by atoms with Gasteiger partial charge < -0.3 is 24.8 Å². The van der Waals surface area contributed by atoms with Gasteiger partial charge >= 0.3 is 0 Å². The molecule has 0 spiro atoms. The second-order valence-electron chi connectivity index (χ2n) is 10.6. The van der Waals surface area contributed by atoms with Crippen molar-refractivity contribution in [3.05, 3.63) is 95.9 Å². The fraction of sp³-hybridized carbons (Fsp3) is 0.281. The lowest BCUT2D eigenvalue weighted by molar-refractivity contribution is 0.154. The van der Waals surface area contributed by atoms with Gasteiger partial charge in [-0.15, -0.1) is 0 Å². The molecule has 10 heteroatoms. The zero-order valence-electron chi connectivity index (χ0n) is 23.5. The number of aromatic nitrogens is 4. The van der Waals surface area contributed by atoms with Crippen LogP contribution in [0.15, 0.2) is 72.9 Å². The Balaban J connectivity index is 1.08. The fourth-order valence-corrected chi connectivity index (χ4v) is 5.07. The predicted octanol–water partition coefficient (Wildman–Crippen LogP) is 5.73. The lowest BCUT2D eigenvalue weighted by Gasteiger charge is -2.32. The van der Waals surface area contributed by atoms with Crippen molar-refractivity contribution in [3.63, 3.8) is 0 Å². The molecule has 0 amide bonds. The number of anilines is 1.